The van der Waals surface area contributed by atoms with E-state index in [4.69, 9.17) is 0 Å². The van der Waals surface area contributed by atoms with Crippen molar-refractivity contribution in [3.8, 4) is 0 Å². The molecule has 0 aliphatic heterocycles. The summed E-state index contributed by atoms with van der Waals surface area (Å²) >= 11 is 0. The number of para-hydroxylation sites is 1. The number of carbonyl (C=O) groups is 1. The summed E-state index contributed by atoms with van der Waals surface area (Å²) in [5.74, 6) is -0.926. The van der Waals surface area contributed by atoms with E-state index in [2.05, 4.69) is 9.71 Å². The van der Waals surface area contributed by atoms with Gasteiger partial charge in [0.1, 0.15) is 5.82 Å². The molecule has 0 saturated carbocycles. The van der Waals surface area contributed by atoms with E-state index < -0.39 is 15.8 Å². The largest absolute Gasteiger partial charge is 0.337 e. The number of rotatable bonds is 6. The fourth-order valence-corrected chi connectivity index (χ4v) is 3.65. The molecule has 28 heavy (non-hydrogen) atoms. The van der Waals surface area contributed by atoms with Crippen molar-refractivity contribution in [2.24, 2.45) is 0 Å². The number of anilines is 1. The molecule has 0 saturated heterocycles. The summed E-state index contributed by atoms with van der Waals surface area (Å²) in [6.45, 7) is 0.377. The van der Waals surface area contributed by atoms with E-state index in [-0.39, 0.29) is 16.5 Å². The third-order valence-electron chi connectivity index (χ3n) is 4.02. The number of nitrogens with one attached hydrogen (secondary N) is 1. The van der Waals surface area contributed by atoms with Crippen molar-refractivity contribution in [1.29, 1.82) is 0 Å². The van der Waals surface area contributed by atoms with Crippen molar-refractivity contribution < 1.29 is 17.6 Å². The minimum Gasteiger partial charge on any atom is -0.337 e. The van der Waals surface area contributed by atoms with Crippen LogP contribution in [0.25, 0.3) is 0 Å². The van der Waals surface area contributed by atoms with Gasteiger partial charge in [-0.1, -0.05) is 18.2 Å². The van der Waals surface area contributed by atoms with Gasteiger partial charge in [0.25, 0.3) is 15.9 Å². The molecule has 0 aliphatic rings. The van der Waals surface area contributed by atoms with Gasteiger partial charge < -0.3 is 4.90 Å². The number of aromatic nitrogens is 1. The fourth-order valence-electron chi connectivity index (χ4n) is 2.58. The van der Waals surface area contributed by atoms with E-state index in [1.54, 1.807) is 25.5 Å². The minimum absolute atomic E-state index is 0.0674. The molecule has 144 valence electrons. The molecule has 1 heterocycles. The second kappa shape index (κ2) is 8.18. The zero-order valence-electron chi connectivity index (χ0n) is 15.0. The molecule has 2 aromatic carbocycles. The topological polar surface area (TPSA) is 79.4 Å². The molecule has 0 atom stereocenters. The Morgan fingerprint density at radius 3 is 2.43 bits per heavy atom. The molecule has 6 nitrogen and oxygen atoms in total. The maximum atomic E-state index is 13.7. The third-order valence-corrected chi connectivity index (χ3v) is 5.40. The number of amides is 1. The Hall–Kier alpha value is -3.26. The number of sulfonamides is 1. The first-order chi connectivity index (χ1) is 13.4. The number of hydrogen-bond acceptors (Lipinski definition) is 4. The lowest BCUT2D eigenvalue weighted by atomic mass is 10.2. The van der Waals surface area contributed by atoms with Crippen molar-refractivity contribution in [1.82, 2.24) is 9.88 Å². The van der Waals surface area contributed by atoms with E-state index in [1.165, 1.54) is 47.4 Å². The van der Waals surface area contributed by atoms with Crippen molar-refractivity contribution in [3.63, 3.8) is 0 Å². The van der Waals surface area contributed by atoms with Crippen molar-refractivity contribution in [3.05, 3.63) is 90.0 Å². The van der Waals surface area contributed by atoms with Crippen molar-refractivity contribution in [2.45, 2.75) is 11.4 Å². The quantitative estimate of drug-likeness (QED) is 0.690. The molecule has 8 heteroatoms. The molecular formula is C20H18FN3O3S. The maximum Gasteiger partial charge on any atom is 0.261 e. The highest BCUT2D eigenvalue weighted by atomic mass is 32.2. The van der Waals surface area contributed by atoms with Gasteiger partial charge in [0.2, 0.25) is 0 Å². The van der Waals surface area contributed by atoms with Gasteiger partial charge in [-0.25, -0.2) is 12.8 Å². The van der Waals surface area contributed by atoms with Crippen LogP contribution in [0.4, 0.5) is 10.1 Å². The molecule has 0 aliphatic carbocycles. The van der Waals surface area contributed by atoms with Crippen molar-refractivity contribution in [2.75, 3.05) is 11.8 Å². The normalized spacial score (nSPS) is 11.1. The smallest absolute Gasteiger partial charge is 0.261 e. The lowest BCUT2D eigenvalue weighted by Crippen LogP contribution is -2.26. The number of carbonyl (C=O) groups excluding carboxylic acids is 1. The van der Waals surface area contributed by atoms with Gasteiger partial charge in [0.15, 0.2) is 0 Å². The molecule has 0 bridgehead atoms. The lowest BCUT2D eigenvalue weighted by molar-refractivity contribution is 0.0785. The fraction of sp³-hybridized carbons (Fsp3) is 0.100. The van der Waals surface area contributed by atoms with Crippen LogP contribution in [0.2, 0.25) is 0 Å². The summed E-state index contributed by atoms with van der Waals surface area (Å²) in [4.78, 5) is 18.0. The lowest BCUT2D eigenvalue weighted by Gasteiger charge is -2.17. The Morgan fingerprint density at radius 2 is 1.79 bits per heavy atom. The van der Waals surface area contributed by atoms with E-state index in [0.29, 0.717) is 12.1 Å². The van der Waals surface area contributed by atoms with Gasteiger partial charge in [-0.15, -0.1) is 0 Å². The van der Waals surface area contributed by atoms with E-state index in [1.807, 2.05) is 6.07 Å². The Bertz CT molecular complexity index is 1070. The summed E-state index contributed by atoms with van der Waals surface area (Å²) in [6.07, 6.45) is 3.33. The standard InChI is InChI=1S/C20H18FN3O3S/c1-24(14-15-5-4-12-22-13-15)20(25)16-8-10-17(11-9-16)28(26,27)23-19-7-3-2-6-18(19)21/h2-13,23H,14H2,1H3. The SMILES string of the molecule is CN(Cc1cccnc1)C(=O)c1ccc(S(=O)(=O)Nc2ccccc2F)cc1. The van der Waals surface area contributed by atoms with Crippen LogP contribution in [0.3, 0.4) is 0 Å². The summed E-state index contributed by atoms with van der Waals surface area (Å²) in [7, 11) is -2.32. The van der Waals surface area contributed by atoms with Crippen LogP contribution in [0.1, 0.15) is 15.9 Å². The Morgan fingerprint density at radius 1 is 1.07 bits per heavy atom. The van der Waals surface area contributed by atoms with E-state index in [9.17, 15) is 17.6 Å². The zero-order chi connectivity index (χ0) is 20.1. The summed E-state index contributed by atoms with van der Waals surface area (Å²) in [5, 5.41) is 0. The van der Waals surface area contributed by atoms with Gasteiger partial charge in [0.05, 0.1) is 10.6 Å². The first kappa shape index (κ1) is 19.5. The van der Waals surface area contributed by atoms with Gasteiger partial charge in [0, 0.05) is 31.5 Å². The van der Waals surface area contributed by atoms with Crippen LogP contribution >= 0.6 is 0 Å². The molecule has 0 fully saturated rings. The highest BCUT2D eigenvalue weighted by molar-refractivity contribution is 7.92. The van der Waals surface area contributed by atoms with Crippen LogP contribution in [0.5, 0.6) is 0 Å². The van der Waals surface area contributed by atoms with Gasteiger partial charge in [-0.2, -0.15) is 0 Å². The molecule has 0 unspecified atom stereocenters. The second-order valence-electron chi connectivity index (χ2n) is 6.13. The summed E-state index contributed by atoms with van der Waals surface area (Å²) in [6, 6.07) is 14.6. The second-order valence-corrected chi connectivity index (χ2v) is 7.81. The van der Waals surface area contributed by atoms with Crippen LogP contribution in [-0.4, -0.2) is 31.3 Å². The number of nitrogens with zero attached hydrogens (tertiary/aromatic N) is 2. The highest BCUT2D eigenvalue weighted by Crippen LogP contribution is 2.19. The van der Waals surface area contributed by atoms with Crippen molar-refractivity contribution >= 4 is 21.6 Å². The van der Waals surface area contributed by atoms with E-state index >= 15 is 0 Å². The average molecular weight is 399 g/mol. The molecule has 3 rings (SSSR count). The zero-order valence-corrected chi connectivity index (χ0v) is 15.9. The van der Waals surface area contributed by atoms with Gasteiger partial charge in [-0.3, -0.25) is 14.5 Å². The van der Waals surface area contributed by atoms with Gasteiger partial charge in [-0.05, 0) is 48.0 Å². The number of benzene rings is 2. The number of hydrogen-bond donors (Lipinski definition) is 1. The van der Waals surface area contributed by atoms with E-state index in [0.717, 1.165) is 11.6 Å². The summed E-state index contributed by atoms with van der Waals surface area (Å²) < 4.78 is 40.8. The molecule has 1 aromatic heterocycles. The maximum absolute atomic E-state index is 13.7. The van der Waals surface area contributed by atoms with Crippen LogP contribution < -0.4 is 4.72 Å². The first-order valence-electron chi connectivity index (χ1n) is 8.38. The Balaban J connectivity index is 1.73. The predicted octanol–water partition coefficient (Wildman–Crippen LogP) is 3.29. The third kappa shape index (κ3) is 4.52. The summed E-state index contributed by atoms with van der Waals surface area (Å²) in [5.41, 5.74) is 1.08. The highest BCUT2D eigenvalue weighted by Gasteiger charge is 2.18. The number of halogens is 1. The monoisotopic (exact) mass is 399 g/mol. The molecule has 3 aromatic rings. The Labute approximate surface area is 162 Å². The average Bonchev–Trinajstić information content (AvgIpc) is 2.70. The predicted molar refractivity (Wildman–Crippen MR) is 104 cm³/mol. The van der Waals surface area contributed by atoms with Crippen LogP contribution in [-0.2, 0) is 16.6 Å². The Kier molecular flexibility index (Phi) is 5.70. The molecule has 1 amide bonds. The number of pyridine rings is 1. The molecule has 1 N–H and O–H groups in total. The van der Waals surface area contributed by atoms with Crippen LogP contribution in [0, 0.1) is 5.82 Å². The van der Waals surface area contributed by atoms with Gasteiger partial charge >= 0.3 is 0 Å². The molecule has 0 spiro atoms. The molecule has 0 radical (unpaired) electrons. The van der Waals surface area contributed by atoms with Crippen LogP contribution in [0.15, 0.2) is 78.0 Å². The minimum atomic E-state index is -3.97. The first-order valence-corrected chi connectivity index (χ1v) is 9.87. The molecular weight excluding hydrogens is 381 g/mol.